The zero-order chi connectivity index (χ0) is 15.0. The molecular formula is C15H24N2O2S2. The minimum Gasteiger partial charge on any atom is -0.309 e. The third-order valence-corrected chi connectivity index (χ3v) is 7.50. The molecule has 2 fully saturated rings. The van der Waals surface area contributed by atoms with Crippen LogP contribution in [0.3, 0.4) is 0 Å². The molecule has 0 radical (unpaired) electrons. The van der Waals surface area contributed by atoms with Crippen molar-refractivity contribution in [3.8, 4) is 0 Å². The van der Waals surface area contributed by atoms with E-state index in [1.807, 2.05) is 19.2 Å². The summed E-state index contributed by atoms with van der Waals surface area (Å²) in [5.41, 5.74) is 0.898. The number of thiophene rings is 1. The van der Waals surface area contributed by atoms with Gasteiger partial charge in [0.05, 0.1) is 0 Å². The van der Waals surface area contributed by atoms with Crippen LogP contribution in [-0.2, 0) is 16.6 Å². The Kier molecular flexibility index (Phi) is 4.41. The molecule has 0 saturated heterocycles. The standard InChI is InChI=1S/C15H24N2O2S2/c1-3-8-17(13-6-7-13)21(18,19)15-11(2)10-20-14(15)9-16-12-4-5-12/h10,12-13,16H,3-9H2,1-2H3. The Morgan fingerprint density at radius 2 is 2.05 bits per heavy atom. The molecule has 2 aliphatic carbocycles. The molecule has 1 aromatic rings. The lowest BCUT2D eigenvalue weighted by Gasteiger charge is -2.22. The van der Waals surface area contributed by atoms with E-state index >= 15 is 0 Å². The first-order chi connectivity index (χ1) is 10.0. The second-order valence-electron chi connectivity index (χ2n) is 6.17. The third-order valence-electron chi connectivity index (χ3n) is 4.08. The van der Waals surface area contributed by atoms with E-state index in [1.165, 1.54) is 12.8 Å². The fourth-order valence-electron chi connectivity index (χ4n) is 2.68. The minimum atomic E-state index is -3.34. The van der Waals surface area contributed by atoms with Crippen LogP contribution in [0.2, 0.25) is 0 Å². The highest BCUT2D eigenvalue weighted by molar-refractivity contribution is 7.89. The van der Waals surface area contributed by atoms with Gasteiger partial charge in [0.1, 0.15) is 4.90 Å². The Bertz CT molecular complexity index is 601. The third kappa shape index (κ3) is 3.33. The van der Waals surface area contributed by atoms with Crippen LogP contribution in [0.1, 0.15) is 49.5 Å². The summed E-state index contributed by atoms with van der Waals surface area (Å²) in [6.07, 6.45) is 5.33. The summed E-state index contributed by atoms with van der Waals surface area (Å²) in [4.78, 5) is 1.54. The Balaban J connectivity index is 1.87. The fourth-order valence-corrected chi connectivity index (χ4v) is 6.17. The molecule has 0 amide bonds. The van der Waals surface area contributed by atoms with Crippen LogP contribution in [0.25, 0.3) is 0 Å². The molecule has 0 bridgehead atoms. The minimum absolute atomic E-state index is 0.235. The molecule has 6 heteroatoms. The van der Waals surface area contributed by atoms with E-state index in [-0.39, 0.29) is 6.04 Å². The summed E-state index contributed by atoms with van der Waals surface area (Å²) in [5, 5.41) is 5.42. The quantitative estimate of drug-likeness (QED) is 0.798. The second-order valence-corrected chi connectivity index (χ2v) is 8.96. The molecule has 4 nitrogen and oxygen atoms in total. The lowest BCUT2D eigenvalue weighted by molar-refractivity contribution is 0.402. The van der Waals surface area contributed by atoms with Crippen LogP contribution < -0.4 is 5.32 Å². The maximum absolute atomic E-state index is 13.1. The molecule has 0 aliphatic heterocycles. The van der Waals surface area contributed by atoms with E-state index < -0.39 is 10.0 Å². The molecule has 0 spiro atoms. The average molecular weight is 329 g/mol. The predicted octanol–water partition coefficient (Wildman–Crippen LogP) is 2.87. The maximum atomic E-state index is 13.1. The monoisotopic (exact) mass is 328 g/mol. The van der Waals surface area contributed by atoms with Gasteiger partial charge >= 0.3 is 0 Å². The van der Waals surface area contributed by atoms with Crippen LogP contribution in [0.15, 0.2) is 10.3 Å². The number of rotatable bonds is 8. The van der Waals surface area contributed by atoms with E-state index in [1.54, 1.807) is 15.6 Å². The van der Waals surface area contributed by atoms with Crippen LogP contribution in [-0.4, -0.2) is 31.4 Å². The number of nitrogens with zero attached hydrogens (tertiary/aromatic N) is 1. The molecule has 21 heavy (non-hydrogen) atoms. The van der Waals surface area contributed by atoms with E-state index in [0.29, 0.717) is 24.0 Å². The Labute approximate surface area is 131 Å². The summed E-state index contributed by atoms with van der Waals surface area (Å²) >= 11 is 1.57. The van der Waals surface area contributed by atoms with Crippen LogP contribution >= 0.6 is 11.3 Å². The molecule has 118 valence electrons. The summed E-state index contributed by atoms with van der Waals surface area (Å²) in [6.45, 7) is 5.28. The van der Waals surface area contributed by atoms with Gasteiger partial charge in [-0.3, -0.25) is 0 Å². The van der Waals surface area contributed by atoms with Crippen molar-refractivity contribution >= 4 is 21.4 Å². The first-order valence-electron chi connectivity index (χ1n) is 7.86. The van der Waals surface area contributed by atoms with E-state index in [0.717, 1.165) is 29.7 Å². The molecule has 1 N–H and O–H groups in total. The molecule has 0 unspecified atom stereocenters. The summed E-state index contributed by atoms with van der Waals surface area (Å²) in [6, 6.07) is 0.830. The van der Waals surface area contributed by atoms with Crippen LogP contribution in [0.5, 0.6) is 0 Å². The van der Waals surface area contributed by atoms with Gasteiger partial charge in [-0.2, -0.15) is 4.31 Å². The summed E-state index contributed by atoms with van der Waals surface area (Å²) in [7, 11) is -3.34. The van der Waals surface area contributed by atoms with E-state index in [4.69, 9.17) is 0 Å². The Hall–Kier alpha value is -0.430. The molecule has 1 heterocycles. The average Bonchev–Trinajstić information content (AvgIpc) is 3.33. The molecule has 1 aromatic heterocycles. The zero-order valence-electron chi connectivity index (χ0n) is 12.8. The smallest absolute Gasteiger partial charge is 0.244 e. The van der Waals surface area contributed by atoms with Crippen molar-refractivity contribution in [3.05, 3.63) is 15.8 Å². The zero-order valence-corrected chi connectivity index (χ0v) is 14.4. The number of sulfonamides is 1. The fraction of sp³-hybridized carbons (Fsp3) is 0.733. The maximum Gasteiger partial charge on any atom is 0.244 e. The van der Waals surface area contributed by atoms with Gasteiger partial charge in [-0.25, -0.2) is 8.42 Å². The Morgan fingerprint density at radius 3 is 2.62 bits per heavy atom. The topological polar surface area (TPSA) is 49.4 Å². The van der Waals surface area contributed by atoms with Crippen molar-refractivity contribution < 1.29 is 8.42 Å². The van der Waals surface area contributed by atoms with Gasteiger partial charge in [-0.15, -0.1) is 11.3 Å². The van der Waals surface area contributed by atoms with Gasteiger partial charge in [0.15, 0.2) is 0 Å². The highest BCUT2D eigenvalue weighted by atomic mass is 32.2. The largest absolute Gasteiger partial charge is 0.309 e. The van der Waals surface area contributed by atoms with Crippen molar-refractivity contribution in [1.29, 1.82) is 0 Å². The number of hydrogen-bond donors (Lipinski definition) is 1. The van der Waals surface area contributed by atoms with E-state index in [9.17, 15) is 8.42 Å². The number of aryl methyl sites for hydroxylation is 1. The second kappa shape index (κ2) is 5.99. The number of nitrogens with one attached hydrogen (secondary N) is 1. The summed E-state index contributed by atoms with van der Waals surface area (Å²) < 4.78 is 27.9. The highest BCUT2D eigenvalue weighted by Gasteiger charge is 2.39. The number of hydrogen-bond acceptors (Lipinski definition) is 4. The Morgan fingerprint density at radius 1 is 1.33 bits per heavy atom. The first-order valence-corrected chi connectivity index (χ1v) is 10.2. The van der Waals surface area contributed by atoms with Crippen molar-refractivity contribution in [2.45, 2.75) is 69.5 Å². The molecule has 0 aromatic carbocycles. The van der Waals surface area contributed by atoms with Crippen LogP contribution in [0, 0.1) is 6.92 Å². The molecule has 2 saturated carbocycles. The normalized spacial score (nSPS) is 19.4. The lowest BCUT2D eigenvalue weighted by Crippen LogP contribution is -2.34. The van der Waals surface area contributed by atoms with E-state index in [2.05, 4.69) is 5.32 Å². The molecule has 3 rings (SSSR count). The molecule has 2 aliphatic rings. The van der Waals surface area contributed by atoms with Gasteiger partial charge in [0, 0.05) is 30.1 Å². The molecular weight excluding hydrogens is 304 g/mol. The van der Waals surface area contributed by atoms with Crippen molar-refractivity contribution in [2.24, 2.45) is 0 Å². The lowest BCUT2D eigenvalue weighted by atomic mass is 10.3. The highest BCUT2D eigenvalue weighted by Crippen LogP contribution is 2.36. The van der Waals surface area contributed by atoms with Crippen molar-refractivity contribution in [3.63, 3.8) is 0 Å². The van der Waals surface area contributed by atoms with Crippen molar-refractivity contribution in [2.75, 3.05) is 6.54 Å². The predicted molar refractivity (Wildman–Crippen MR) is 86.1 cm³/mol. The SMILES string of the molecule is CCCN(C1CC1)S(=O)(=O)c1c(C)csc1CNC1CC1. The van der Waals surface area contributed by atoms with Gasteiger partial charge < -0.3 is 5.32 Å². The van der Waals surface area contributed by atoms with Gasteiger partial charge in [-0.05, 0) is 50.0 Å². The molecule has 0 atom stereocenters. The summed E-state index contributed by atoms with van der Waals surface area (Å²) in [5.74, 6) is 0. The first kappa shape index (κ1) is 15.5. The van der Waals surface area contributed by atoms with Gasteiger partial charge in [0.2, 0.25) is 10.0 Å². The van der Waals surface area contributed by atoms with Gasteiger partial charge in [0.25, 0.3) is 0 Å². The van der Waals surface area contributed by atoms with Gasteiger partial charge in [-0.1, -0.05) is 6.92 Å². The van der Waals surface area contributed by atoms with Crippen molar-refractivity contribution in [1.82, 2.24) is 9.62 Å². The van der Waals surface area contributed by atoms with Crippen LogP contribution in [0.4, 0.5) is 0 Å².